The molecule has 0 saturated carbocycles. The number of hydrogen-bond donors (Lipinski definition) is 1. The van der Waals surface area contributed by atoms with Gasteiger partial charge in [-0.25, -0.2) is 14.0 Å². The molecule has 0 aliphatic rings. The van der Waals surface area contributed by atoms with Gasteiger partial charge in [-0.2, -0.15) is 13.2 Å². The number of nitrogens with zero attached hydrogens (tertiary/aromatic N) is 1. The largest absolute Gasteiger partial charge is 0.459 e. The first-order chi connectivity index (χ1) is 18.9. The fourth-order valence-corrected chi connectivity index (χ4v) is 3.66. The van der Waals surface area contributed by atoms with Crippen molar-refractivity contribution < 1.29 is 46.0 Å². The van der Waals surface area contributed by atoms with Crippen molar-refractivity contribution >= 4 is 17.6 Å². The van der Waals surface area contributed by atoms with Crippen LogP contribution in [0.25, 0.3) is 11.1 Å². The number of carbonyl (C=O) groups is 1. The number of rotatable bonds is 11. The van der Waals surface area contributed by atoms with E-state index in [2.05, 4.69) is 0 Å². The van der Waals surface area contributed by atoms with Crippen molar-refractivity contribution in [1.29, 1.82) is 0 Å². The second-order valence-electron chi connectivity index (χ2n) is 7.90. The van der Waals surface area contributed by atoms with E-state index >= 15 is 0 Å². The average Bonchev–Trinajstić information content (AvgIpc) is 2.89. The molecule has 1 N–H and O–H groups in total. The molecule has 3 aromatic rings. The van der Waals surface area contributed by atoms with E-state index in [4.69, 9.17) is 35.3 Å². The van der Waals surface area contributed by atoms with Crippen LogP contribution in [0.2, 0.25) is 5.02 Å². The number of nitrogens with one attached hydrogen (secondary N) is 1. The highest BCUT2D eigenvalue weighted by Gasteiger charge is 2.39. The van der Waals surface area contributed by atoms with E-state index < -0.39 is 52.3 Å². The standard InChI is InChI=1S/C25H23ClF4N2O8/c1-4-37-9-10-38-22(34)23(36-3)40-17-8-6-5-7-16(17)39-18-11-13(15(27)12-14(18)26)19-20(25(28,29)30)32(2)24(35)31-21(19)33/h5-8,11-12,23H,4,9-10H2,1-3H3,(H,31,33,35). The third-order valence-corrected chi connectivity index (χ3v) is 5.56. The lowest BCUT2D eigenvalue weighted by atomic mass is 10.0. The van der Waals surface area contributed by atoms with E-state index in [-0.39, 0.29) is 40.1 Å². The zero-order valence-electron chi connectivity index (χ0n) is 21.3. The third-order valence-electron chi connectivity index (χ3n) is 5.27. The number of esters is 1. The lowest BCUT2D eigenvalue weighted by Crippen LogP contribution is -2.35. The molecule has 0 aliphatic heterocycles. The molecule has 40 heavy (non-hydrogen) atoms. The van der Waals surface area contributed by atoms with Gasteiger partial charge in [-0.15, -0.1) is 0 Å². The number of para-hydroxylation sites is 2. The molecule has 0 fully saturated rings. The number of hydrogen-bond acceptors (Lipinski definition) is 8. The summed E-state index contributed by atoms with van der Waals surface area (Å²) in [5.41, 5.74) is -6.50. The summed E-state index contributed by atoms with van der Waals surface area (Å²) < 4.78 is 83.0. The Morgan fingerprint density at radius 2 is 1.77 bits per heavy atom. The number of aromatic nitrogens is 2. The first-order valence-electron chi connectivity index (χ1n) is 11.5. The molecule has 2 aromatic carbocycles. The van der Waals surface area contributed by atoms with Crippen molar-refractivity contribution in [3.05, 3.63) is 73.8 Å². The van der Waals surface area contributed by atoms with Gasteiger partial charge in [0.2, 0.25) is 0 Å². The van der Waals surface area contributed by atoms with E-state index in [1.165, 1.54) is 31.4 Å². The summed E-state index contributed by atoms with van der Waals surface area (Å²) >= 11 is 6.10. The first-order valence-corrected chi connectivity index (χ1v) is 11.9. The highest BCUT2D eigenvalue weighted by molar-refractivity contribution is 6.32. The number of aromatic amines is 1. The molecule has 0 bridgehead atoms. The molecule has 15 heteroatoms. The molecular weight excluding hydrogens is 568 g/mol. The topological polar surface area (TPSA) is 118 Å². The highest BCUT2D eigenvalue weighted by Crippen LogP contribution is 2.41. The van der Waals surface area contributed by atoms with Crippen molar-refractivity contribution in [3.63, 3.8) is 0 Å². The quantitative estimate of drug-likeness (QED) is 0.152. The Labute approximate surface area is 228 Å². The van der Waals surface area contributed by atoms with Crippen LogP contribution in [0.4, 0.5) is 17.6 Å². The van der Waals surface area contributed by atoms with Gasteiger partial charge in [0.25, 0.3) is 11.8 Å². The maximum Gasteiger partial charge on any atom is 0.432 e. The Balaban J connectivity index is 2.00. The van der Waals surface area contributed by atoms with Crippen LogP contribution in [0.3, 0.4) is 0 Å². The Morgan fingerprint density at radius 3 is 2.40 bits per heavy atom. The molecule has 1 heterocycles. The van der Waals surface area contributed by atoms with Crippen LogP contribution in [0, 0.1) is 5.82 Å². The lowest BCUT2D eigenvalue weighted by molar-refractivity contribution is -0.174. The van der Waals surface area contributed by atoms with Crippen LogP contribution in [0.5, 0.6) is 17.2 Å². The van der Waals surface area contributed by atoms with E-state index in [0.717, 1.165) is 13.1 Å². The van der Waals surface area contributed by atoms with Gasteiger partial charge >= 0.3 is 17.8 Å². The second kappa shape index (κ2) is 13.0. The van der Waals surface area contributed by atoms with Crippen molar-refractivity contribution in [2.75, 3.05) is 26.9 Å². The summed E-state index contributed by atoms with van der Waals surface area (Å²) in [4.78, 5) is 38.3. The summed E-state index contributed by atoms with van der Waals surface area (Å²) in [6.07, 6.45) is -6.73. The fraction of sp³-hybridized carbons (Fsp3) is 0.320. The van der Waals surface area contributed by atoms with Crippen molar-refractivity contribution in [2.45, 2.75) is 19.4 Å². The number of alkyl halides is 3. The van der Waals surface area contributed by atoms with Gasteiger partial charge in [0.15, 0.2) is 11.5 Å². The minimum Gasteiger partial charge on any atom is -0.459 e. The number of benzene rings is 2. The van der Waals surface area contributed by atoms with Crippen molar-refractivity contribution in [3.8, 4) is 28.4 Å². The van der Waals surface area contributed by atoms with Crippen LogP contribution in [-0.4, -0.2) is 48.7 Å². The monoisotopic (exact) mass is 590 g/mol. The minimum absolute atomic E-state index is 0.0634. The van der Waals surface area contributed by atoms with E-state index in [1.807, 2.05) is 0 Å². The second-order valence-corrected chi connectivity index (χ2v) is 8.31. The highest BCUT2D eigenvalue weighted by atomic mass is 35.5. The Bertz CT molecular complexity index is 1490. The summed E-state index contributed by atoms with van der Waals surface area (Å²) in [6, 6.07) is 7.19. The zero-order valence-corrected chi connectivity index (χ0v) is 22.0. The molecule has 0 spiro atoms. The van der Waals surface area contributed by atoms with E-state index in [9.17, 15) is 31.9 Å². The van der Waals surface area contributed by atoms with Crippen LogP contribution in [0.1, 0.15) is 12.6 Å². The van der Waals surface area contributed by atoms with Gasteiger partial charge in [-0.3, -0.25) is 14.3 Å². The first kappa shape index (κ1) is 30.7. The summed E-state index contributed by atoms with van der Waals surface area (Å²) in [5, 5.41) is -0.371. The molecule has 0 aliphatic carbocycles. The zero-order chi connectivity index (χ0) is 29.6. The van der Waals surface area contributed by atoms with Crippen molar-refractivity contribution in [1.82, 2.24) is 9.55 Å². The predicted octanol–water partition coefficient (Wildman–Crippen LogP) is 4.28. The molecule has 0 saturated heterocycles. The predicted molar refractivity (Wildman–Crippen MR) is 133 cm³/mol. The van der Waals surface area contributed by atoms with Crippen LogP contribution in [0.15, 0.2) is 46.0 Å². The van der Waals surface area contributed by atoms with Crippen LogP contribution < -0.4 is 20.7 Å². The van der Waals surface area contributed by atoms with Gasteiger partial charge in [-0.1, -0.05) is 23.7 Å². The molecule has 10 nitrogen and oxygen atoms in total. The maximum atomic E-state index is 14.9. The summed E-state index contributed by atoms with van der Waals surface area (Å²) in [5.74, 6) is -2.72. The number of H-pyrrole nitrogens is 1. The Hall–Kier alpha value is -3.88. The van der Waals surface area contributed by atoms with Gasteiger partial charge in [0, 0.05) is 26.3 Å². The molecule has 0 radical (unpaired) electrons. The Kier molecular flexibility index (Phi) is 9.95. The fourth-order valence-electron chi connectivity index (χ4n) is 3.47. The Morgan fingerprint density at radius 1 is 1.10 bits per heavy atom. The van der Waals surface area contributed by atoms with Gasteiger partial charge < -0.3 is 23.7 Å². The lowest BCUT2D eigenvalue weighted by Gasteiger charge is -2.19. The summed E-state index contributed by atoms with van der Waals surface area (Å²) in [7, 11) is 1.96. The number of ether oxygens (including phenoxy) is 5. The average molecular weight is 591 g/mol. The number of halogens is 5. The molecular formula is C25H23ClF4N2O8. The third kappa shape index (κ3) is 7.00. The molecule has 1 aromatic heterocycles. The van der Waals surface area contributed by atoms with Crippen molar-refractivity contribution in [2.24, 2.45) is 7.05 Å². The molecule has 3 rings (SSSR count). The maximum absolute atomic E-state index is 14.9. The number of carbonyl (C=O) groups excluding carboxylic acids is 1. The minimum atomic E-state index is -5.20. The molecule has 1 atom stereocenters. The smallest absolute Gasteiger partial charge is 0.432 e. The van der Waals surface area contributed by atoms with Gasteiger partial charge in [-0.05, 0) is 31.2 Å². The van der Waals surface area contributed by atoms with Crippen LogP contribution in [-0.2, 0) is 32.2 Å². The SMILES string of the molecule is CCOCCOC(=O)C(OC)Oc1ccccc1Oc1cc(-c2c(C(F)(F)F)n(C)c(=O)[nH]c2=O)c(F)cc1Cl. The summed E-state index contributed by atoms with van der Waals surface area (Å²) in [6.45, 7) is 2.28. The number of methoxy groups -OCH3 is 1. The van der Waals surface area contributed by atoms with E-state index in [1.54, 1.807) is 11.9 Å². The normalized spacial score (nSPS) is 12.2. The molecule has 0 amide bonds. The van der Waals surface area contributed by atoms with Gasteiger partial charge in [0.05, 0.1) is 17.2 Å². The van der Waals surface area contributed by atoms with E-state index in [0.29, 0.717) is 12.7 Å². The molecule has 216 valence electrons. The van der Waals surface area contributed by atoms with Gasteiger partial charge in [0.1, 0.15) is 23.9 Å². The van der Waals surface area contributed by atoms with Crippen LogP contribution >= 0.6 is 11.6 Å². The molecule has 1 unspecified atom stereocenters.